The molecule has 5 rings (SSSR count). The van der Waals surface area contributed by atoms with Crippen molar-refractivity contribution >= 4 is 17.4 Å². The molecule has 0 radical (unpaired) electrons. The summed E-state index contributed by atoms with van der Waals surface area (Å²) in [6.07, 6.45) is 1.07. The minimum Gasteiger partial charge on any atom is -0.487 e. The molecule has 3 aromatic rings. The molecule has 1 unspecified atom stereocenters. The van der Waals surface area contributed by atoms with Crippen LogP contribution in [0.5, 0.6) is 5.75 Å². The Morgan fingerprint density at radius 3 is 2.33 bits per heavy atom. The highest BCUT2D eigenvalue weighted by atomic mass is 19.4. The smallest absolute Gasteiger partial charge is 0.418 e. The molecule has 1 atom stereocenters. The number of nitrogens with zero attached hydrogens (tertiary/aromatic N) is 1. The molecule has 0 bridgehead atoms. The summed E-state index contributed by atoms with van der Waals surface area (Å²) in [7, 11) is 0. The average molecular weight is 541 g/mol. The van der Waals surface area contributed by atoms with Crippen molar-refractivity contribution in [2.24, 2.45) is 5.92 Å². The van der Waals surface area contributed by atoms with Gasteiger partial charge in [0.1, 0.15) is 17.7 Å². The lowest BCUT2D eigenvalue weighted by atomic mass is 9.77. The Morgan fingerprint density at radius 2 is 1.67 bits per heavy atom. The predicted molar refractivity (Wildman–Crippen MR) is 145 cm³/mol. The van der Waals surface area contributed by atoms with Gasteiger partial charge in [-0.15, -0.1) is 0 Å². The molecule has 3 aromatic carbocycles. The zero-order valence-corrected chi connectivity index (χ0v) is 22.0. The largest absolute Gasteiger partial charge is 0.487 e. The number of alkyl halides is 3. The van der Waals surface area contributed by atoms with E-state index in [9.17, 15) is 22.4 Å². The Balaban J connectivity index is 1.35. The van der Waals surface area contributed by atoms with Gasteiger partial charge >= 0.3 is 12.2 Å². The Morgan fingerprint density at radius 1 is 0.974 bits per heavy atom. The number of benzene rings is 3. The summed E-state index contributed by atoms with van der Waals surface area (Å²) in [5, 5.41) is 2.31. The zero-order chi connectivity index (χ0) is 27.7. The maximum absolute atomic E-state index is 13.5. The fraction of sp³-hybridized carbons (Fsp3) is 0.387. The minimum atomic E-state index is -4.82. The van der Waals surface area contributed by atoms with Crippen LogP contribution in [0.25, 0.3) is 11.1 Å². The average Bonchev–Trinajstić information content (AvgIpc) is 2.92. The van der Waals surface area contributed by atoms with Crippen LogP contribution in [0.4, 0.5) is 33.7 Å². The van der Waals surface area contributed by atoms with Gasteiger partial charge < -0.3 is 10.1 Å². The molecule has 4 nitrogen and oxygen atoms in total. The highest BCUT2D eigenvalue weighted by Crippen LogP contribution is 2.40. The van der Waals surface area contributed by atoms with Gasteiger partial charge in [-0.1, -0.05) is 43.7 Å². The number of rotatable bonds is 4. The first-order valence-electron chi connectivity index (χ1n) is 13.5. The number of nitrogens with one attached hydrogen (secondary N) is 1. The summed E-state index contributed by atoms with van der Waals surface area (Å²) in [5.41, 5.74) is 2.00. The SMILES string of the molecule is CCC1CCC(c2ccc(-c3ccc4c(c3)OC(C)CN4C(=O)Nc3ccc(F)cc3C(F)(F)F)cc2)CC1. The standard InChI is InChI=1S/C31H32F4N2O2/c1-3-20-4-6-21(7-5-20)22-8-10-23(11-9-22)24-12-15-28-29(16-24)39-19(2)18-37(28)30(38)36-27-14-13-25(32)17-26(27)31(33,34)35/h8-17,19-21H,3-7,18H2,1-2H3,(H,36,38). The van der Waals surface area contributed by atoms with Crippen molar-refractivity contribution in [3.8, 4) is 16.9 Å². The number of anilines is 2. The molecule has 0 aromatic heterocycles. The second-order valence-corrected chi connectivity index (χ2v) is 10.6. The first-order valence-corrected chi connectivity index (χ1v) is 13.5. The fourth-order valence-electron chi connectivity index (χ4n) is 5.71. The van der Waals surface area contributed by atoms with E-state index in [4.69, 9.17) is 4.74 Å². The number of carbonyl (C=O) groups excluding carboxylic acids is 1. The van der Waals surface area contributed by atoms with Gasteiger partial charge in [0.05, 0.1) is 23.5 Å². The molecule has 0 spiro atoms. The lowest BCUT2D eigenvalue weighted by Crippen LogP contribution is -2.44. The molecule has 0 saturated heterocycles. The van der Waals surface area contributed by atoms with Crippen LogP contribution in [0.3, 0.4) is 0 Å². The van der Waals surface area contributed by atoms with E-state index >= 15 is 0 Å². The van der Waals surface area contributed by atoms with Crippen LogP contribution in [0.15, 0.2) is 60.7 Å². The monoisotopic (exact) mass is 540 g/mol. The van der Waals surface area contributed by atoms with E-state index < -0.39 is 29.3 Å². The van der Waals surface area contributed by atoms with E-state index in [1.165, 1.54) is 42.6 Å². The van der Waals surface area contributed by atoms with Gasteiger partial charge in [0.2, 0.25) is 0 Å². The normalized spacial score (nSPS) is 21.2. The van der Waals surface area contributed by atoms with E-state index in [2.05, 4.69) is 36.5 Å². The molecule has 206 valence electrons. The molecule has 2 amide bonds. The van der Waals surface area contributed by atoms with Crippen LogP contribution in [0.1, 0.15) is 63.0 Å². The molecular weight excluding hydrogens is 508 g/mol. The van der Waals surface area contributed by atoms with Gasteiger partial charge in [0.25, 0.3) is 0 Å². The fourth-order valence-corrected chi connectivity index (χ4v) is 5.71. The van der Waals surface area contributed by atoms with E-state index in [-0.39, 0.29) is 12.6 Å². The summed E-state index contributed by atoms with van der Waals surface area (Å²) in [5.74, 6) is 0.886. The van der Waals surface area contributed by atoms with Crippen molar-refractivity contribution in [3.63, 3.8) is 0 Å². The zero-order valence-electron chi connectivity index (χ0n) is 22.0. The lowest BCUT2D eigenvalue weighted by molar-refractivity contribution is -0.137. The van der Waals surface area contributed by atoms with Crippen LogP contribution in [-0.2, 0) is 6.18 Å². The highest BCUT2D eigenvalue weighted by molar-refractivity contribution is 6.03. The third kappa shape index (κ3) is 5.89. The molecule has 1 fully saturated rings. The maximum atomic E-state index is 13.5. The van der Waals surface area contributed by atoms with Crippen LogP contribution in [-0.4, -0.2) is 18.7 Å². The minimum absolute atomic E-state index is 0.149. The second kappa shape index (κ2) is 10.9. The van der Waals surface area contributed by atoms with Crippen molar-refractivity contribution in [1.82, 2.24) is 0 Å². The molecular formula is C31H32F4N2O2. The van der Waals surface area contributed by atoms with Crippen LogP contribution >= 0.6 is 0 Å². The van der Waals surface area contributed by atoms with E-state index in [1.807, 2.05) is 12.1 Å². The van der Waals surface area contributed by atoms with Crippen molar-refractivity contribution in [2.45, 2.75) is 64.1 Å². The quantitative estimate of drug-likeness (QED) is 0.336. The summed E-state index contributed by atoms with van der Waals surface area (Å²) < 4.78 is 59.8. The number of ether oxygens (including phenoxy) is 1. The Labute approximate surface area is 226 Å². The van der Waals surface area contributed by atoms with Crippen molar-refractivity contribution in [2.75, 3.05) is 16.8 Å². The van der Waals surface area contributed by atoms with Crippen molar-refractivity contribution in [3.05, 3.63) is 77.6 Å². The Kier molecular flexibility index (Phi) is 7.56. The van der Waals surface area contributed by atoms with Crippen LogP contribution in [0.2, 0.25) is 0 Å². The third-order valence-electron chi connectivity index (χ3n) is 7.93. The number of urea groups is 1. The molecule has 2 aliphatic rings. The molecule has 39 heavy (non-hydrogen) atoms. The number of amides is 2. The Bertz CT molecular complexity index is 1330. The summed E-state index contributed by atoms with van der Waals surface area (Å²) >= 11 is 0. The maximum Gasteiger partial charge on any atom is 0.418 e. The molecule has 1 aliphatic heterocycles. The summed E-state index contributed by atoms with van der Waals surface area (Å²) in [6, 6.07) is 15.5. The first kappa shape index (κ1) is 27.0. The lowest BCUT2D eigenvalue weighted by Gasteiger charge is -2.34. The van der Waals surface area contributed by atoms with Crippen molar-refractivity contribution < 1.29 is 27.1 Å². The van der Waals surface area contributed by atoms with Gasteiger partial charge in [0.15, 0.2) is 0 Å². The topological polar surface area (TPSA) is 41.6 Å². The number of hydrogen-bond donors (Lipinski definition) is 1. The van der Waals surface area contributed by atoms with Gasteiger partial charge in [0, 0.05) is 0 Å². The Hall–Kier alpha value is -3.55. The summed E-state index contributed by atoms with van der Waals surface area (Å²) in [6.45, 7) is 4.20. The summed E-state index contributed by atoms with van der Waals surface area (Å²) in [4.78, 5) is 14.5. The number of hydrogen-bond acceptors (Lipinski definition) is 2. The molecule has 1 aliphatic carbocycles. The van der Waals surface area contributed by atoms with Gasteiger partial charge in [-0.2, -0.15) is 13.2 Å². The molecule has 1 saturated carbocycles. The van der Waals surface area contributed by atoms with Crippen LogP contribution < -0.4 is 15.0 Å². The highest BCUT2D eigenvalue weighted by Gasteiger charge is 2.36. The number of fused-ring (bicyclic) bond motifs is 1. The van der Waals surface area contributed by atoms with E-state index in [1.54, 1.807) is 13.0 Å². The molecule has 1 N–H and O–H groups in total. The number of halogens is 4. The predicted octanol–water partition coefficient (Wildman–Crippen LogP) is 9.01. The number of carbonyl (C=O) groups is 1. The van der Waals surface area contributed by atoms with Gasteiger partial charge in [-0.3, -0.25) is 4.90 Å². The van der Waals surface area contributed by atoms with Crippen molar-refractivity contribution in [1.29, 1.82) is 0 Å². The van der Waals surface area contributed by atoms with Gasteiger partial charge in [-0.25, -0.2) is 9.18 Å². The van der Waals surface area contributed by atoms with Crippen LogP contribution in [0, 0.1) is 11.7 Å². The first-order chi connectivity index (χ1) is 18.6. The molecule has 8 heteroatoms. The van der Waals surface area contributed by atoms with Gasteiger partial charge in [-0.05, 0) is 91.5 Å². The van der Waals surface area contributed by atoms with E-state index in [0.29, 0.717) is 23.4 Å². The van der Waals surface area contributed by atoms with E-state index in [0.717, 1.165) is 29.2 Å². The molecule has 1 heterocycles. The second-order valence-electron chi connectivity index (χ2n) is 10.6. The third-order valence-corrected chi connectivity index (χ3v) is 7.93.